The Labute approximate surface area is 53.3 Å². The average Bonchev–Trinajstić information content (AvgIpc) is 1.66. The van der Waals surface area contributed by atoms with Gasteiger partial charge in [-0.15, -0.1) is 0 Å². The van der Waals surface area contributed by atoms with Crippen molar-refractivity contribution in [3.8, 4) is 0 Å². The van der Waals surface area contributed by atoms with Gasteiger partial charge in [-0.3, -0.25) is 4.79 Å². The Morgan fingerprint density at radius 3 is 2.75 bits per heavy atom. The molecule has 48 valence electrons. The van der Waals surface area contributed by atoms with Crippen LogP contribution in [0.1, 0.15) is 12.8 Å². The molecule has 0 aliphatic heterocycles. The zero-order chi connectivity index (χ0) is 6.41. The zero-order valence-corrected chi connectivity index (χ0v) is 5.23. The predicted octanol–water partition coefficient (Wildman–Crippen LogP) is 0.713. The summed E-state index contributed by atoms with van der Waals surface area (Å²) in [5.74, 6) is -0.796. The third-order valence-corrected chi connectivity index (χ3v) is 0.809. The van der Waals surface area contributed by atoms with Crippen LogP contribution in [0.15, 0.2) is 0 Å². The molecule has 0 aromatic carbocycles. The van der Waals surface area contributed by atoms with Gasteiger partial charge in [-0.1, -0.05) is 0 Å². The molecule has 0 aliphatic carbocycles. The molecular formula is C4H8O3S. The predicted molar refractivity (Wildman–Crippen MR) is 31.8 cm³/mol. The van der Waals surface area contributed by atoms with Gasteiger partial charge in [0.2, 0.25) is 0 Å². The molecule has 4 heteroatoms. The fourth-order valence-corrected chi connectivity index (χ4v) is 0.417. The van der Waals surface area contributed by atoms with E-state index in [0.29, 0.717) is 13.0 Å². The summed E-state index contributed by atoms with van der Waals surface area (Å²) < 4.78 is 4.32. The highest BCUT2D eigenvalue weighted by Crippen LogP contribution is 1.90. The van der Waals surface area contributed by atoms with E-state index in [1.807, 2.05) is 0 Å². The SMILES string of the molecule is O=C(O)CCCOS. The van der Waals surface area contributed by atoms with Crippen LogP contribution in [0.5, 0.6) is 0 Å². The second-order valence-corrected chi connectivity index (χ2v) is 1.59. The maximum absolute atomic E-state index is 9.79. The van der Waals surface area contributed by atoms with Crippen LogP contribution in [0.2, 0.25) is 0 Å². The second kappa shape index (κ2) is 4.93. The van der Waals surface area contributed by atoms with E-state index in [1.54, 1.807) is 0 Å². The normalized spacial score (nSPS) is 9.12. The van der Waals surface area contributed by atoms with E-state index in [1.165, 1.54) is 0 Å². The van der Waals surface area contributed by atoms with Crippen molar-refractivity contribution in [3.63, 3.8) is 0 Å². The summed E-state index contributed by atoms with van der Waals surface area (Å²) in [7, 11) is 0. The summed E-state index contributed by atoms with van der Waals surface area (Å²) >= 11 is 3.43. The number of carboxylic acid groups (broad SMARTS) is 1. The lowest BCUT2D eigenvalue weighted by molar-refractivity contribution is -0.137. The summed E-state index contributed by atoms with van der Waals surface area (Å²) in [5.41, 5.74) is 0. The van der Waals surface area contributed by atoms with Crippen molar-refractivity contribution in [1.29, 1.82) is 0 Å². The molecule has 0 saturated heterocycles. The van der Waals surface area contributed by atoms with Crippen LogP contribution in [0.4, 0.5) is 0 Å². The molecular weight excluding hydrogens is 128 g/mol. The minimum absolute atomic E-state index is 0.153. The third kappa shape index (κ3) is 5.78. The van der Waals surface area contributed by atoms with E-state index in [4.69, 9.17) is 5.11 Å². The van der Waals surface area contributed by atoms with Gasteiger partial charge in [0.05, 0.1) is 6.61 Å². The van der Waals surface area contributed by atoms with E-state index < -0.39 is 5.97 Å². The van der Waals surface area contributed by atoms with Gasteiger partial charge >= 0.3 is 5.97 Å². The summed E-state index contributed by atoms with van der Waals surface area (Å²) in [5, 5.41) is 8.06. The Hall–Kier alpha value is -0.220. The summed E-state index contributed by atoms with van der Waals surface area (Å²) in [6, 6.07) is 0. The van der Waals surface area contributed by atoms with Gasteiger partial charge in [0.15, 0.2) is 0 Å². The molecule has 0 amide bonds. The Kier molecular flexibility index (Phi) is 4.79. The summed E-state index contributed by atoms with van der Waals surface area (Å²) in [6.07, 6.45) is 0.680. The Morgan fingerprint density at radius 2 is 2.38 bits per heavy atom. The molecule has 0 aromatic heterocycles. The zero-order valence-electron chi connectivity index (χ0n) is 4.33. The lowest BCUT2D eigenvalue weighted by Crippen LogP contribution is -1.95. The molecule has 0 unspecified atom stereocenters. The molecule has 0 bridgehead atoms. The second-order valence-electron chi connectivity index (χ2n) is 1.33. The molecule has 1 N–H and O–H groups in total. The van der Waals surface area contributed by atoms with Crippen LogP contribution < -0.4 is 0 Å². The number of carbonyl (C=O) groups is 1. The number of hydrogen-bond donors (Lipinski definition) is 2. The number of hydrogen-bond acceptors (Lipinski definition) is 3. The maximum Gasteiger partial charge on any atom is 0.303 e. The average molecular weight is 136 g/mol. The lowest BCUT2D eigenvalue weighted by atomic mass is 10.3. The monoisotopic (exact) mass is 136 g/mol. The first kappa shape index (κ1) is 7.78. The molecule has 0 aromatic rings. The molecule has 0 fully saturated rings. The van der Waals surface area contributed by atoms with Crippen molar-refractivity contribution in [2.45, 2.75) is 12.8 Å². The lowest BCUT2D eigenvalue weighted by Gasteiger charge is -1.90. The first-order chi connectivity index (χ1) is 3.77. The van der Waals surface area contributed by atoms with Gasteiger partial charge in [0.25, 0.3) is 0 Å². The van der Waals surface area contributed by atoms with Crippen LogP contribution >= 0.6 is 12.9 Å². The van der Waals surface area contributed by atoms with Crippen molar-refractivity contribution in [2.75, 3.05) is 6.61 Å². The number of aliphatic carboxylic acids is 1. The molecule has 0 atom stereocenters. The molecule has 0 rings (SSSR count). The molecule has 0 radical (unpaired) electrons. The van der Waals surface area contributed by atoms with E-state index >= 15 is 0 Å². The van der Waals surface area contributed by atoms with Crippen molar-refractivity contribution in [1.82, 2.24) is 0 Å². The third-order valence-electron chi connectivity index (χ3n) is 0.626. The minimum Gasteiger partial charge on any atom is -0.481 e. The molecule has 3 nitrogen and oxygen atoms in total. The van der Waals surface area contributed by atoms with Crippen LogP contribution in [0.3, 0.4) is 0 Å². The Bertz CT molecular complexity index is 73.7. The van der Waals surface area contributed by atoms with Crippen LogP contribution in [-0.4, -0.2) is 17.7 Å². The van der Waals surface area contributed by atoms with Crippen LogP contribution in [-0.2, 0) is 8.98 Å². The van der Waals surface area contributed by atoms with E-state index in [-0.39, 0.29) is 6.42 Å². The molecule has 0 saturated carbocycles. The number of rotatable bonds is 4. The highest BCUT2D eigenvalue weighted by molar-refractivity contribution is 7.75. The molecule has 0 heterocycles. The van der Waals surface area contributed by atoms with Gasteiger partial charge in [0.1, 0.15) is 0 Å². The van der Waals surface area contributed by atoms with Gasteiger partial charge in [-0.05, 0) is 19.3 Å². The Balaban J connectivity index is 2.82. The maximum atomic E-state index is 9.79. The summed E-state index contributed by atoms with van der Waals surface area (Å²) in [6.45, 7) is 0.398. The number of thiol groups is 1. The molecule has 0 spiro atoms. The van der Waals surface area contributed by atoms with Gasteiger partial charge in [0, 0.05) is 6.42 Å². The fourth-order valence-electron chi connectivity index (χ4n) is 0.288. The minimum atomic E-state index is -0.796. The first-order valence-electron chi connectivity index (χ1n) is 2.25. The van der Waals surface area contributed by atoms with Crippen LogP contribution in [0, 0.1) is 0 Å². The molecule has 8 heavy (non-hydrogen) atoms. The van der Waals surface area contributed by atoms with Crippen LogP contribution in [0.25, 0.3) is 0 Å². The van der Waals surface area contributed by atoms with E-state index in [2.05, 4.69) is 17.1 Å². The van der Waals surface area contributed by atoms with E-state index in [9.17, 15) is 4.79 Å². The largest absolute Gasteiger partial charge is 0.481 e. The van der Waals surface area contributed by atoms with Gasteiger partial charge in [-0.25, -0.2) is 0 Å². The van der Waals surface area contributed by atoms with Gasteiger partial charge < -0.3 is 9.29 Å². The van der Waals surface area contributed by atoms with Crippen molar-refractivity contribution in [2.24, 2.45) is 0 Å². The molecule has 0 aliphatic rings. The van der Waals surface area contributed by atoms with Crippen molar-refractivity contribution in [3.05, 3.63) is 0 Å². The first-order valence-corrected chi connectivity index (χ1v) is 2.62. The summed E-state index contributed by atoms with van der Waals surface area (Å²) in [4.78, 5) is 9.79. The Morgan fingerprint density at radius 1 is 1.75 bits per heavy atom. The highest BCUT2D eigenvalue weighted by Gasteiger charge is 1.93. The van der Waals surface area contributed by atoms with E-state index in [0.717, 1.165) is 0 Å². The quantitative estimate of drug-likeness (QED) is 0.340. The van der Waals surface area contributed by atoms with Crippen molar-refractivity contribution >= 4 is 18.9 Å². The number of carboxylic acids is 1. The smallest absolute Gasteiger partial charge is 0.303 e. The van der Waals surface area contributed by atoms with Gasteiger partial charge in [-0.2, -0.15) is 0 Å². The van der Waals surface area contributed by atoms with Crippen molar-refractivity contribution < 1.29 is 14.1 Å². The highest BCUT2D eigenvalue weighted by atomic mass is 32.1. The standard InChI is InChI=1S/C4H8O3S/c5-4(6)2-1-3-7-8/h8H,1-3H2,(H,5,6). The topological polar surface area (TPSA) is 46.5 Å². The fraction of sp³-hybridized carbons (Fsp3) is 0.750.